The number of nitrogens with one attached hydrogen (secondary N) is 1. The fraction of sp³-hybridized carbons (Fsp3) is 0.182. The first kappa shape index (κ1) is 11.1. The molecule has 1 aromatic carbocycles. The number of nitrogens with two attached hydrogens (primary N) is 1. The predicted molar refractivity (Wildman–Crippen MR) is 62.6 cm³/mol. The molecule has 0 saturated carbocycles. The van der Waals surface area contributed by atoms with E-state index in [1.807, 2.05) is 32.0 Å². The Hall–Kier alpha value is -2.37. The summed E-state index contributed by atoms with van der Waals surface area (Å²) in [6.07, 6.45) is 0. The summed E-state index contributed by atoms with van der Waals surface area (Å²) in [5.41, 5.74) is 8.12. The third-order valence-corrected chi connectivity index (χ3v) is 2.45. The number of aromatic nitrogens is 2. The van der Waals surface area contributed by atoms with Crippen LogP contribution in [0, 0.1) is 13.8 Å². The second-order valence-electron chi connectivity index (χ2n) is 3.72. The highest BCUT2D eigenvalue weighted by Gasteiger charge is 2.17. The summed E-state index contributed by atoms with van der Waals surface area (Å²) in [4.78, 5) is 11.8. The van der Waals surface area contributed by atoms with Gasteiger partial charge in [0.2, 0.25) is 11.5 Å². The maximum Gasteiger partial charge on any atom is 0.281 e. The largest absolute Gasteiger partial charge is 0.379 e. The summed E-state index contributed by atoms with van der Waals surface area (Å²) < 4.78 is 4.38. The summed E-state index contributed by atoms with van der Waals surface area (Å²) in [6.45, 7) is 3.82. The third-order valence-electron chi connectivity index (χ3n) is 2.45. The molecule has 0 saturated heterocycles. The molecular formula is C11H12N4O2. The summed E-state index contributed by atoms with van der Waals surface area (Å²) in [5.74, 6) is -0.449. The lowest BCUT2D eigenvalue weighted by molar-refractivity contribution is 0.101. The van der Waals surface area contributed by atoms with Gasteiger partial charge in [-0.2, -0.15) is 0 Å². The van der Waals surface area contributed by atoms with Crippen molar-refractivity contribution < 1.29 is 9.42 Å². The number of rotatable bonds is 2. The lowest BCUT2D eigenvalue weighted by atomic mass is 10.1. The van der Waals surface area contributed by atoms with Crippen molar-refractivity contribution in [3.63, 3.8) is 0 Å². The van der Waals surface area contributed by atoms with Crippen molar-refractivity contribution in [1.82, 2.24) is 10.3 Å². The molecule has 0 fully saturated rings. The van der Waals surface area contributed by atoms with Crippen LogP contribution in [0.5, 0.6) is 0 Å². The Balaban J connectivity index is 2.28. The fourth-order valence-corrected chi connectivity index (χ4v) is 1.54. The highest BCUT2D eigenvalue weighted by atomic mass is 16.6. The normalized spacial score (nSPS) is 10.2. The number of hydrogen-bond acceptors (Lipinski definition) is 5. The van der Waals surface area contributed by atoms with E-state index >= 15 is 0 Å². The number of amides is 1. The van der Waals surface area contributed by atoms with Crippen LogP contribution in [0.15, 0.2) is 22.8 Å². The first-order chi connectivity index (χ1) is 8.09. The molecule has 2 aromatic rings. The molecule has 0 aliphatic rings. The monoisotopic (exact) mass is 232 g/mol. The van der Waals surface area contributed by atoms with Gasteiger partial charge in [-0.05, 0) is 35.3 Å². The Kier molecular flexibility index (Phi) is 2.78. The van der Waals surface area contributed by atoms with Crippen LogP contribution in [0.25, 0.3) is 0 Å². The van der Waals surface area contributed by atoms with Crippen molar-refractivity contribution in [2.75, 3.05) is 11.1 Å². The fourth-order valence-electron chi connectivity index (χ4n) is 1.54. The minimum absolute atomic E-state index is 0.00680. The number of anilines is 2. The molecule has 0 aliphatic carbocycles. The molecule has 2 rings (SSSR count). The Morgan fingerprint density at radius 2 is 1.94 bits per heavy atom. The molecule has 3 N–H and O–H groups in total. The van der Waals surface area contributed by atoms with Gasteiger partial charge < -0.3 is 11.1 Å². The Bertz CT molecular complexity index is 542. The molecule has 6 heteroatoms. The van der Waals surface area contributed by atoms with E-state index in [0.29, 0.717) is 0 Å². The van der Waals surface area contributed by atoms with E-state index in [0.717, 1.165) is 16.8 Å². The van der Waals surface area contributed by atoms with Gasteiger partial charge in [0.25, 0.3) is 5.91 Å². The van der Waals surface area contributed by atoms with Crippen molar-refractivity contribution in [3.05, 3.63) is 35.0 Å². The lowest BCUT2D eigenvalue weighted by Crippen LogP contribution is -2.15. The first-order valence-corrected chi connectivity index (χ1v) is 5.05. The Labute approximate surface area is 97.8 Å². The molecule has 0 aliphatic heterocycles. The van der Waals surface area contributed by atoms with E-state index < -0.39 is 5.91 Å². The van der Waals surface area contributed by atoms with Crippen molar-refractivity contribution in [2.24, 2.45) is 0 Å². The molecular weight excluding hydrogens is 220 g/mol. The second kappa shape index (κ2) is 4.25. The maximum absolute atomic E-state index is 11.8. The van der Waals surface area contributed by atoms with Gasteiger partial charge in [-0.15, -0.1) is 0 Å². The number of aryl methyl sites for hydroxylation is 2. The molecule has 0 spiro atoms. The molecule has 1 amide bonds. The van der Waals surface area contributed by atoms with E-state index in [2.05, 4.69) is 20.3 Å². The SMILES string of the molecule is Cc1cccc(C)c1NC(=O)c1nonc1N. The zero-order valence-electron chi connectivity index (χ0n) is 9.52. The second-order valence-corrected chi connectivity index (χ2v) is 3.72. The van der Waals surface area contributed by atoms with Crippen LogP contribution in [0.1, 0.15) is 21.6 Å². The molecule has 0 bridgehead atoms. The Morgan fingerprint density at radius 1 is 1.29 bits per heavy atom. The summed E-state index contributed by atoms with van der Waals surface area (Å²) in [7, 11) is 0. The van der Waals surface area contributed by atoms with E-state index in [1.165, 1.54) is 0 Å². The maximum atomic E-state index is 11.8. The first-order valence-electron chi connectivity index (χ1n) is 5.05. The van der Waals surface area contributed by atoms with Gasteiger partial charge in [-0.3, -0.25) is 4.79 Å². The van der Waals surface area contributed by atoms with Crippen molar-refractivity contribution in [3.8, 4) is 0 Å². The van der Waals surface area contributed by atoms with Crippen LogP contribution >= 0.6 is 0 Å². The van der Waals surface area contributed by atoms with Crippen LogP contribution in [0.3, 0.4) is 0 Å². The number of benzene rings is 1. The molecule has 0 radical (unpaired) electrons. The molecule has 88 valence electrons. The van der Waals surface area contributed by atoms with Gasteiger partial charge in [0.15, 0.2) is 0 Å². The van der Waals surface area contributed by atoms with Gasteiger partial charge in [0.05, 0.1) is 0 Å². The quantitative estimate of drug-likeness (QED) is 0.818. The number of nitrogens with zero attached hydrogens (tertiary/aromatic N) is 2. The predicted octanol–water partition coefficient (Wildman–Crippen LogP) is 1.52. The van der Waals surface area contributed by atoms with Crippen LogP contribution in [0.4, 0.5) is 11.5 Å². The van der Waals surface area contributed by atoms with Crippen molar-refractivity contribution in [2.45, 2.75) is 13.8 Å². The molecule has 17 heavy (non-hydrogen) atoms. The average molecular weight is 232 g/mol. The number of carbonyl (C=O) groups excluding carboxylic acids is 1. The van der Waals surface area contributed by atoms with Crippen LogP contribution in [-0.2, 0) is 0 Å². The van der Waals surface area contributed by atoms with E-state index in [-0.39, 0.29) is 11.5 Å². The highest BCUT2D eigenvalue weighted by molar-refractivity contribution is 6.06. The van der Waals surface area contributed by atoms with Crippen molar-refractivity contribution in [1.29, 1.82) is 0 Å². The van der Waals surface area contributed by atoms with Gasteiger partial charge in [-0.1, -0.05) is 18.2 Å². The number of para-hydroxylation sites is 1. The summed E-state index contributed by atoms with van der Waals surface area (Å²) >= 11 is 0. The molecule has 6 nitrogen and oxygen atoms in total. The molecule has 0 unspecified atom stereocenters. The van der Waals surface area contributed by atoms with Gasteiger partial charge in [-0.25, -0.2) is 4.63 Å². The number of hydrogen-bond donors (Lipinski definition) is 2. The van der Waals surface area contributed by atoms with Gasteiger partial charge in [0, 0.05) is 5.69 Å². The zero-order chi connectivity index (χ0) is 12.4. The van der Waals surface area contributed by atoms with Crippen LogP contribution in [0.2, 0.25) is 0 Å². The van der Waals surface area contributed by atoms with E-state index in [9.17, 15) is 4.79 Å². The molecule has 0 atom stereocenters. The van der Waals surface area contributed by atoms with E-state index in [4.69, 9.17) is 5.73 Å². The standard InChI is InChI=1S/C11H12N4O2/c1-6-4-3-5-7(2)8(6)13-11(16)9-10(12)15-17-14-9/h3-5H,1-2H3,(H2,12,15)(H,13,16). The molecule has 1 aromatic heterocycles. The van der Waals surface area contributed by atoms with Crippen LogP contribution in [-0.4, -0.2) is 16.2 Å². The Morgan fingerprint density at radius 3 is 2.47 bits per heavy atom. The van der Waals surface area contributed by atoms with Crippen LogP contribution < -0.4 is 11.1 Å². The average Bonchev–Trinajstić information content (AvgIpc) is 2.70. The lowest BCUT2D eigenvalue weighted by Gasteiger charge is -2.09. The third kappa shape index (κ3) is 2.10. The summed E-state index contributed by atoms with van der Waals surface area (Å²) in [5, 5.41) is 9.54. The number of nitrogen functional groups attached to an aromatic ring is 1. The minimum Gasteiger partial charge on any atom is -0.379 e. The highest BCUT2D eigenvalue weighted by Crippen LogP contribution is 2.20. The number of carbonyl (C=O) groups is 1. The zero-order valence-corrected chi connectivity index (χ0v) is 9.52. The minimum atomic E-state index is -0.429. The van der Waals surface area contributed by atoms with Crippen molar-refractivity contribution >= 4 is 17.4 Å². The smallest absolute Gasteiger partial charge is 0.281 e. The van der Waals surface area contributed by atoms with Gasteiger partial charge in [0.1, 0.15) is 0 Å². The van der Waals surface area contributed by atoms with Gasteiger partial charge >= 0.3 is 0 Å². The summed E-state index contributed by atoms with van der Waals surface area (Å²) in [6, 6.07) is 5.74. The van der Waals surface area contributed by atoms with E-state index in [1.54, 1.807) is 0 Å². The molecule has 1 heterocycles. The topological polar surface area (TPSA) is 94.0 Å².